The van der Waals surface area contributed by atoms with E-state index < -0.39 is 0 Å². The summed E-state index contributed by atoms with van der Waals surface area (Å²) in [6.07, 6.45) is 4.46. The Bertz CT molecular complexity index is 477. The molecular weight excluding hydrogens is 210 g/mol. The van der Waals surface area contributed by atoms with Crippen molar-refractivity contribution in [2.45, 2.75) is 13.3 Å². The molecule has 1 heterocycles. The first kappa shape index (κ1) is 11.3. The first-order chi connectivity index (χ1) is 8.40. The number of nitrogens with one attached hydrogen (secondary N) is 1. The van der Waals surface area contributed by atoms with Crippen LogP contribution in [0.1, 0.15) is 18.9 Å². The lowest BCUT2D eigenvalue weighted by atomic mass is 10.1. The number of hydrogen-bond donors (Lipinski definition) is 1. The lowest BCUT2D eigenvalue weighted by Crippen LogP contribution is -2.03. The van der Waals surface area contributed by atoms with E-state index in [9.17, 15) is 0 Å². The van der Waals surface area contributed by atoms with Crippen molar-refractivity contribution >= 4 is 11.4 Å². The molecule has 1 aromatic heterocycles. The first-order valence-electron chi connectivity index (χ1n) is 5.68. The molecule has 1 N–H and O–H groups in total. The van der Waals surface area contributed by atoms with Gasteiger partial charge in [-0.25, -0.2) is 0 Å². The zero-order valence-corrected chi connectivity index (χ0v) is 9.80. The third kappa shape index (κ3) is 3.14. The zero-order chi connectivity index (χ0) is 11.9. The monoisotopic (exact) mass is 225 g/mol. The van der Waals surface area contributed by atoms with E-state index in [0.717, 1.165) is 23.4 Å². The van der Waals surface area contributed by atoms with Crippen LogP contribution in [0.25, 0.3) is 0 Å². The maximum atomic E-state index is 4.41. The molecule has 1 aromatic carbocycles. The van der Waals surface area contributed by atoms with Gasteiger partial charge in [-0.3, -0.25) is 10.4 Å². The minimum Gasteiger partial charge on any atom is -0.278 e. The van der Waals surface area contributed by atoms with Gasteiger partial charge in [0.2, 0.25) is 0 Å². The number of aromatic nitrogens is 1. The Hall–Kier alpha value is -2.16. The van der Waals surface area contributed by atoms with Crippen LogP contribution in [-0.2, 0) is 0 Å². The maximum Gasteiger partial charge on any atom is 0.0692 e. The van der Waals surface area contributed by atoms with E-state index in [1.807, 2.05) is 48.7 Å². The normalized spacial score (nSPS) is 11.2. The molecule has 0 amide bonds. The largest absolute Gasteiger partial charge is 0.278 e. The molecule has 3 nitrogen and oxygen atoms in total. The van der Waals surface area contributed by atoms with E-state index in [1.165, 1.54) is 0 Å². The minimum atomic E-state index is 0.867. The van der Waals surface area contributed by atoms with Crippen molar-refractivity contribution in [3.63, 3.8) is 0 Å². The van der Waals surface area contributed by atoms with Crippen molar-refractivity contribution < 1.29 is 0 Å². The molecule has 86 valence electrons. The van der Waals surface area contributed by atoms with Crippen LogP contribution in [0.4, 0.5) is 5.69 Å². The van der Waals surface area contributed by atoms with Gasteiger partial charge in [-0.15, -0.1) is 0 Å². The van der Waals surface area contributed by atoms with Gasteiger partial charge in [-0.1, -0.05) is 31.2 Å². The van der Waals surface area contributed by atoms with Crippen LogP contribution in [0.15, 0.2) is 60.0 Å². The number of hydrazone groups is 1. The average molecular weight is 225 g/mol. The van der Waals surface area contributed by atoms with Gasteiger partial charge < -0.3 is 0 Å². The van der Waals surface area contributed by atoms with Crippen LogP contribution >= 0.6 is 0 Å². The Morgan fingerprint density at radius 2 is 2.00 bits per heavy atom. The molecular formula is C14H15N3. The molecule has 0 aliphatic carbocycles. The van der Waals surface area contributed by atoms with Crippen LogP contribution in [0, 0.1) is 0 Å². The fourth-order valence-electron chi connectivity index (χ4n) is 1.53. The van der Waals surface area contributed by atoms with Gasteiger partial charge in [0.1, 0.15) is 0 Å². The molecule has 0 fully saturated rings. The van der Waals surface area contributed by atoms with Gasteiger partial charge in [0.25, 0.3) is 0 Å². The van der Waals surface area contributed by atoms with Crippen molar-refractivity contribution in [1.29, 1.82) is 0 Å². The fraction of sp³-hybridized carbons (Fsp3) is 0.143. The molecule has 17 heavy (non-hydrogen) atoms. The number of benzene rings is 1. The molecule has 0 bridgehead atoms. The highest BCUT2D eigenvalue weighted by molar-refractivity contribution is 6.00. The topological polar surface area (TPSA) is 37.3 Å². The summed E-state index contributed by atoms with van der Waals surface area (Å²) in [5.74, 6) is 0. The number of para-hydroxylation sites is 1. The van der Waals surface area contributed by atoms with E-state index >= 15 is 0 Å². The molecule has 0 aliphatic heterocycles. The number of rotatable bonds is 4. The van der Waals surface area contributed by atoms with Gasteiger partial charge in [0.05, 0.1) is 11.4 Å². The molecule has 2 aromatic rings. The summed E-state index contributed by atoms with van der Waals surface area (Å²) in [7, 11) is 0. The predicted octanol–water partition coefficient (Wildman–Crippen LogP) is 3.31. The Balaban J connectivity index is 2.14. The number of nitrogens with zero attached hydrogens (tertiary/aromatic N) is 2. The number of hydrogen-bond acceptors (Lipinski definition) is 3. The molecule has 0 spiro atoms. The van der Waals surface area contributed by atoms with Gasteiger partial charge in [0, 0.05) is 18.0 Å². The minimum absolute atomic E-state index is 0.867. The van der Waals surface area contributed by atoms with E-state index in [-0.39, 0.29) is 0 Å². The van der Waals surface area contributed by atoms with Gasteiger partial charge in [-0.05, 0) is 24.6 Å². The third-order valence-corrected chi connectivity index (χ3v) is 2.42. The van der Waals surface area contributed by atoms with Crippen LogP contribution < -0.4 is 5.43 Å². The average Bonchev–Trinajstić information content (AvgIpc) is 2.42. The Labute approximate surface area is 101 Å². The Morgan fingerprint density at radius 3 is 2.65 bits per heavy atom. The molecule has 0 saturated heterocycles. The second-order valence-corrected chi connectivity index (χ2v) is 3.63. The summed E-state index contributed by atoms with van der Waals surface area (Å²) < 4.78 is 0. The van der Waals surface area contributed by atoms with E-state index in [2.05, 4.69) is 22.4 Å². The van der Waals surface area contributed by atoms with Crippen LogP contribution in [0.3, 0.4) is 0 Å². The first-order valence-corrected chi connectivity index (χ1v) is 5.68. The molecule has 3 heteroatoms. The zero-order valence-electron chi connectivity index (χ0n) is 9.80. The number of anilines is 1. The molecule has 0 saturated carbocycles. The summed E-state index contributed by atoms with van der Waals surface area (Å²) in [5.41, 5.74) is 6.10. The predicted molar refractivity (Wildman–Crippen MR) is 71.1 cm³/mol. The highest BCUT2D eigenvalue weighted by Gasteiger charge is 2.00. The van der Waals surface area contributed by atoms with Crippen LogP contribution in [0.2, 0.25) is 0 Å². The summed E-state index contributed by atoms with van der Waals surface area (Å²) >= 11 is 0. The quantitative estimate of drug-likeness (QED) is 0.640. The lowest BCUT2D eigenvalue weighted by molar-refractivity contribution is 1.20. The van der Waals surface area contributed by atoms with Crippen molar-refractivity contribution in [3.8, 4) is 0 Å². The van der Waals surface area contributed by atoms with Crippen LogP contribution in [0.5, 0.6) is 0 Å². The summed E-state index contributed by atoms with van der Waals surface area (Å²) in [6.45, 7) is 2.08. The second kappa shape index (κ2) is 5.80. The SMILES string of the molecule is CC/C(=N\Nc1ccccc1)c1cccnc1. The smallest absolute Gasteiger partial charge is 0.0692 e. The third-order valence-electron chi connectivity index (χ3n) is 2.42. The highest BCUT2D eigenvalue weighted by Crippen LogP contribution is 2.07. The second-order valence-electron chi connectivity index (χ2n) is 3.63. The summed E-state index contributed by atoms with van der Waals surface area (Å²) in [5, 5.41) is 4.41. The molecule has 2 rings (SSSR count). The van der Waals surface area contributed by atoms with Crippen molar-refractivity contribution in [3.05, 3.63) is 60.4 Å². The molecule has 0 radical (unpaired) electrons. The van der Waals surface area contributed by atoms with Gasteiger partial charge in [0.15, 0.2) is 0 Å². The van der Waals surface area contributed by atoms with E-state index in [1.54, 1.807) is 6.20 Å². The van der Waals surface area contributed by atoms with E-state index in [4.69, 9.17) is 0 Å². The maximum absolute atomic E-state index is 4.41. The van der Waals surface area contributed by atoms with Crippen molar-refractivity contribution in [2.75, 3.05) is 5.43 Å². The van der Waals surface area contributed by atoms with Crippen LogP contribution in [-0.4, -0.2) is 10.7 Å². The van der Waals surface area contributed by atoms with Gasteiger partial charge in [-0.2, -0.15) is 5.10 Å². The Kier molecular flexibility index (Phi) is 3.86. The molecule has 0 atom stereocenters. The van der Waals surface area contributed by atoms with E-state index in [0.29, 0.717) is 0 Å². The standard InChI is InChI=1S/C14H15N3/c1-2-14(12-7-6-10-15-11-12)17-16-13-8-4-3-5-9-13/h3-11,16H,2H2,1H3/b17-14+. The molecule has 0 unspecified atom stereocenters. The summed E-state index contributed by atoms with van der Waals surface area (Å²) in [4.78, 5) is 4.10. The summed E-state index contributed by atoms with van der Waals surface area (Å²) in [6, 6.07) is 13.9. The van der Waals surface area contributed by atoms with Crippen molar-refractivity contribution in [1.82, 2.24) is 4.98 Å². The van der Waals surface area contributed by atoms with Gasteiger partial charge >= 0.3 is 0 Å². The molecule has 0 aliphatic rings. The Morgan fingerprint density at radius 1 is 1.18 bits per heavy atom. The van der Waals surface area contributed by atoms with Crippen molar-refractivity contribution in [2.24, 2.45) is 5.10 Å². The number of pyridine rings is 1. The highest BCUT2D eigenvalue weighted by atomic mass is 15.3. The fourth-order valence-corrected chi connectivity index (χ4v) is 1.53. The lowest BCUT2D eigenvalue weighted by Gasteiger charge is -2.05.